The van der Waals surface area contributed by atoms with Crippen molar-refractivity contribution >= 4 is 5.69 Å². The molecule has 1 N–H and O–H groups in total. The van der Waals surface area contributed by atoms with Crippen LogP contribution in [-0.4, -0.2) is 32.3 Å². The first-order chi connectivity index (χ1) is 8.13. The predicted octanol–water partition coefficient (Wildman–Crippen LogP) is 2.27. The molecule has 94 valence electrons. The maximum Gasteiger partial charge on any atom is 0.120 e. The molecular weight excluding hydrogens is 212 g/mol. The molecule has 0 bridgehead atoms. The van der Waals surface area contributed by atoms with Crippen molar-refractivity contribution < 1.29 is 4.74 Å². The number of nitrogens with zero attached hydrogens (tertiary/aromatic N) is 1. The molecule has 0 atom stereocenters. The van der Waals surface area contributed by atoms with Crippen LogP contribution >= 0.6 is 0 Å². The van der Waals surface area contributed by atoms with Gasteiger partial charge in [-0.1, -0.05) is 6.07 Å². The summed E-state index contributed by atoms with van der Waals surface area (Å²) in [6, 6.07) is 8.33. The summed E-state index contributed by atoms with van der Waals surface area (Å²) in [5.41, 5.74) is 1.39. The lowest BCUT2D eigenvalue weighted by Crippen LogP contribution is -2.48. The van der Waals surface area contributed by atoms with Gasteiger partial charge in [-0.3, -0.25) is 0 Å². The topological polar surface area (TPSA) is 24.5 Å². The van der Waals surface area contributed by atoms with Gasteiger partial charge in [0, 0.05) is 30.4 Å². The molecule has 0 saturated carbocycles. The highest BCUT2D eigenvalue weighted by Crippen LogP contribution is 2.28. The second-order valence-corrected chi connectivity index (χ2v) is 5.20. The van der Waals surface area contributed by atoms with Gasteiger partial charge in [0.1, 0.15) is 5.75 Å². The minimum absolute atomic E-state index is 0.142. The zero-order valence-electron chi connectivity index (χ0n) is 11.0. The van der Waals surface area contributed by atoms with Gasteiger partial charge in [0.15, 0.2) is 0 Å². The van der Waals surface area contributed by atoms with Crippen molar-refractivity contribution in [3.8, 4) is 5.75 Å². The van der Waals surface area contributed by atoms with Gasteiger partial charge in [-0.25, -0.2) is 0 Å². The Balaban J connectivity index is 2.28. The number of hydrogen-bond acceptors (Lipinski definition) is 3. The summed E-state index contributed by atoms with van der Waals surface area (Å²) in [5, 5.41) is 3.49. The molecule has 0 radical (unpaired) electrons. The van der Waals surface area contributed by atoms with Crippen LogP contribution in [0.3, 0.4) is 0 Å². The normalized spacial score (nSPS) is 19.8. The number of nitrogens with one attached hydrogen (secondary N) is 1. The molecule has 0 spiro atoms. The first-order valence-corrected chi connectivity index (χ1v) is 6.26. The van der Waals surface area contributed by atoms with Crippen molar-refractivity contribution in [2.45, 2.75) is 25.8 Å². The summed E-state index contributed by atoms with van der Waals surface area (Å²) < 4.78 is 5.30. The first-order valence-electron chi connectivity index (χ1n) is 6.26. The molecule has 0 aromatic heterocycles. The van der Waals surface area contributed by atoms with Gasteiger partial charge in [-0.15, -0.1) is 0 Å². The fraction of sp³-hybridized carbons (Fsp3) is 0.571. The Morgan fingerprint density at radius 3 is 2.94 bits per heavy atom. The molecule has 3 heteroatoms. The van der Waals surface area contributed by atoms with Crippen molar-refractivity contribution in [1.29, 1.82) is 0 Å². The lowest BCUT2D eigenvalue weighted by molar-refractivity contribution is 0.413. The zero-order chi connectivity index (χ0) is 12.3. The second-order valence-electron chi connectivity index (χ2n) is 5.20. The van der Waals surface area contributed by atoms with Crippen molar-refractivity contribution in [2.24, 2.45) is 0 Å². The molecule has 0 unspecified atom stereocenters. The molecule has 17 heavy (non-hydrogen) atoms. The van der Waals surface area contributed by atoms with Gasteiger partial charge in [-0.2, -0.15) is 0 Å². The number of benzene rings is 1. The van der Waals surface area contributed by atoms with E-state index in [4.69, 9.17) is 4.74 Å². The van der Waals surface area contributed by atoms with Crippen LogP contribution in [0.4, 0.5) is 5.69 Å². The van der Waals surface area contributed by atoms with Gasteiger partial charge in [0.05, 0.1) is 7.11 Å². The largest absolute Gasteiger partial charge is 0.497 e. The lowest BCUT2D eigenvalue weighted by atomic mass is 10.0. The third-order valence-electron chi connectivity index (χ3n) is 3.39. The maximum atomic E-state index is 5.30. The minimum Gasteiger partial charge on any atom is -0.497 e. The Kier molecular flexibility index (Phi) is 3.57. The average Bonchev–Trinajstić information content (AvgIpc) is 2.50. The summed E-state index contributed by atoms with van der Waals surface area (Å²) in [5.74, 6) is 0.926. The third-order valence-corrected chi connectivity index (χ3v) is 3.39. The molecule has 0 aliphatic carbocycles. The third kappa shape index (κ3) is 2.72. The van der Waals surface area contributed by atoms with Crippen LogP contribution < -0.4 is 15.0 Å². The highest BCUT2D eigenvalue weighted by Gasteiger charge is 2.28. The molecule has 2 rings (SSSR count). The van der Waals surface area contributed by atoms with Gasteiger partial charge in [0.2, 0.25) is 0 Å². The van der Waals surface area contributed by atoms with Crippen molar-refractivity contribution in [2.75, 3.05) is 31.6 Å². The quantitative estimate of drug-likeness (QED) is 0.849. The molecular formula is C14H22N2O. The summed E-state index contributed by atoms with van der Waals surface area (Å²) >= 11 is 0. The second kappa shape index (κ2) is 4.96. The van der Waals surface area contributed by atoms with E-state index in [1.54, 1.807) is 7.11 Å². The van der Waals surface area contributed by atoms with E-state index in [9.17, 15) is 0 Å². The van der Waals surface area contributed by atoms with Crippen molar-refractivity contribution in [3.63, 3.8) is 0 Å². The van der Waals surface area contributed by atoms with E-state index in [0.29, 0.717) is 0 Å². The Morgan fingerprint density at radius 1 is 1.35 bits per heavy atom. The van der Waals surface area contributed by atoms with Crippen molar-refractivity contribution in [3.05, 3.63) is 24.3 Å². The first kappa shape index (κ1) is 12.2. The Bertz CT molecular complexity index is 376. The van der Waals surface area contributed by atoms with E-state index in [1.165, 1.54) is 12.1 Å². The SMILES string of the molecule is COc1cccc(N2CCCNCC2(C)C)c1. The molecule has 1 heterocycles. The highest BCUT2D eigenvalue weighted by atomic mass is 16.5. The van der Waals surface area contributed by atoms with E-state index in [2.05, 4.69) is 42.3 Å². The van der Waals surface area contributed by atoms with E-state index in [0.717, 1.165) is 25.4 Å². The summed E-state index contributed by atoms with van der Waals surface area (Å²) in [6.07, 6.45) is 1.18. The van der Waals surface area contributed by atoms with Crippen LogP contribution in [0.15, 0.2) is 24.3 Å². The zero-order valence-corrected chi connectivity index (χ0v) is 11.0. The van der Waals surface area contributed by atoms with E-state index in [1.807, 2.05) is 6.07 Å². The molecule has 1 aromatic rings. The number of rotatable bonds is 2. The van der Waals surface area contributed by atoms with Crippen LogP contribution in [0.2, 0.25) is 0 Å². The lowest BCUT2D eigenvalue weighted by Gasteiger charge is -2.39. The Labute approximate surface area is 104 Å². The van der Waals surface area contributed by atoms with E-state index < -0.39 is 0 Å². The average molecular weight is 234 g/mol. The molecule has 1 aromatic carbocycles. The maximum absolute atomic E-state index is 5.30. The number of methoxy groups -OCH3 is 1. The number of anilines is 1. The molecule has 1 aliphatic rings. The van der Waals surface area contributed by atoms with E-state index >= 15 is 0 Å². The van der Waals surface area contributed by atoms with Crippen molar-refractivity contribution in [1.82, 2.24) is 5.32 Å². The fourth-order valence-corrected chi connectivity index (χ4v) is 2.41. The molecule has 1 fully saturated rings. The van der Waals surface area contributed by atoms with Gasteiger partial charge in [-0.05, 0) is 38.9 Å². The van der Waals surface area contributed by atoms with Gasteiger partial charge in [0.25, 0.3) is 0 Å². The molecule has 0 amide bonds. The highest BCUT2D eigenvalue weighted by molar-refractivity contribution is 5.53. The number of ether oxygens (including phenoxy) is 1. The number of hydrogen-bond donors (Lipinski definition) is 1. The molecule has 1 aliphatic heterocycles. The van der Waals surface area contributed by atoms with Gasteiger partial charge < -0.3 is 15.0 Å². The summed E-state index contributed by atoms with van der Waals surface area (Å²) in [4.78, 5) is 2.47. The Morgan fingerprint density at radius 2 is 2.18 bits per heavy atom. The standard InChI is InChI=1S/C14H22N2O/c1-14(2)11-15-8-5-9-16(14)12-6-4-7-13(10-12)17-3/h4,6-7,10,15H,5,8-9,11H2,1-3H3. The van der Waals surface area contributed by atoms with Crippen LogP contribution in [-0.2, 0) is 0 Å². The fourth-order valence-electron chi connectivity index (χ4n) is 2.41. The smallest absolute Gasteiger partial charge is 0.120 e. The van der Waals surface area contributed by atoms with Gasteiger partial charge >= 0.3 is 0 Å². The predicted molar refractivity (Wildman–Crippen MR) is 71.9 cm³/mol. The molecule has 1 saturated heterocycles. The summed E-state index contributed by atoms with van der Waals surface area (Å²) in [7, 11) is 1.72. The Hall–Kier alpha value is -1.22. The molecule has 3 nitrogen and oxygen atoms in total. The minimum atomic E-state index is 0.142. The van der Waals surface area contributed by atoms with Crippen LogP contribution in [0.5, 0.6) is 5.75 Å². The van der Waals surface area contributed by atoms with Crippen LogP contribution in [0.1, 0.15) is 20.3 Å². The monoisotopic (exact) mass is 234 g/mol. The summed E-state index contributed by atoms with van der Waals surface area (Å²) in [6.45, 7) is 7.77. The van der Waals surface area contributed by atoms with Crippen LogP contribution in [0.25, 0.3) is 0 Å². The van der Waals surface area contributed by atoms with Crippen LogP contribution in [0, 0.1) is 0 Å². The van der Waals surface area contributed by atoms with E-state index in [-0.39, 0.29) is 5.54 Å².